The quantitative estimate of drug-likeness (QED) is 0.680. The van der Waals surface area contributed by atoms with Crippen LogP contribution >= 0.6 is 0 Å². The Morgan fingerprint density at radius 2 is 2.31 bits per heavy atom. The number of carbonyl (C=O) groups is 1. The monoisotopic (exact) mass is 187 g/mol. The second-order valence-corrected chi connectivity index (χ2v) is 3.56. The average Bonchev–Trinajstić information content (AvgIpc) is 2.30. The Morgan fingerprint density at radius 1 is 1.54 bits per heavy atom. The minimum absolute atomic E-state index is 0.116. The minimum Gasteiger partial charge on any atom is -0.481 e. The maximum Gasteiger partial charge on any atom is 0.306 e. The first-order chi connectivity index (χ1) is 6.18. The Balaban J connectivity index is 2.58. The fourth-order valence-corrected chi connectivity index (χ4v) is 1.83. The third kappa shape index (κ3) is 2.97. The molecule has 4 heteroatoms. The highest BCUT2D eigenvalue weighted by Crippen LogP contribution is 2.27. The predicted molar refractivity (Wildman–Crippen MR) is 48.7 cm³/mol. The van der Waals surface area contributed by atoms with Gasteiger partial charge in [-0.15, -0.1) is 0 Å². The van der Waals surface area contributed by atoms with Crippen LogP contribution in [0.15, 0.2) is 0 Å². The molecule has 0 aliphatic carbocycles. The summed E-state index contributed by atoms with van der Waals surface area (Å²) in [6.45, 7) is 1.81. The summed E-state index contributed by atoms with van der Waals surface area (Å²) in [7, 11) is 1.61. The largest absolute Gasteiger partial charge is 0.481 e. The number of carboxylic acid groups (broad SMARTS) is 1. The molecule has 4 nitrogen and oxygen atoms in total. The van der Waals surface area contributed by atoms with Crippen LogP contribution in [0.25, 0.3) is 0 Å². The molecule has 0 aromatic heterocycles. The first kappa shape index (κ1) is 10.5. The van der Waals surface area contributed by atoms with E-state index in [2.05, 4.69) is 5.32 Å². The molecule has 13 heavy (non-hydrogen) atoms. The second-order valence-electron chi connectivity index (χ2n) is 3.56. The lowest BCUT2D eigenvalue weighted by Gasteiger charge is -2.29. The van der Waals surface area contributed by atoms with Crippen LogP contribution < -0.4 is 5.32 Å². The molecule has 0 bridgehead atoms. The fourth-order valence-electron chi connectivity index (χ4n) is 1.83. The van der Waals surface area contributed by atoms with E-state index in [1.807, 2.05) is 0 Å². The van der Waals surface area contributed by atoms with E-state index in [1.54, 1.807) is 7.11 Å². The van der Waals surface area contributed by atoms with Gasteiger partial charge in [0.1, 0.15) is 0 Å². The molecule has 2 N–H and O–H groups in total. The Hall–Kier alpha value is -0.610. The van der Waals surface area contributed by atoms with Crippen LogP contribution in [0.5, 0.6) is 0 Å². The topological polar surface area (TPSA) is 58.6 Å². The maximum atomic E-state index is 10.6. The van der Waals surface area contributed by atoms with Gasteiger partial charge < -0.3 is 15.2 Å². The van der Waals surface area contributed by atoms with Crippen molar-refractivity contribution in [3.63, 3.8) is 0 Å². The summed E-state index contributed by atoms with van der Waals surface area (Å²) in [5.74, 6) is -0.774. The van der Waals surface area contributed by atoms with Gasteiger partial charge in [0, 0.05) is 7.11 Å². The standard InChI is InChI=1S/C9H17NO3/c1-13-9(7-8(11)12)3-2-5-10-6-4-9/h10H,2-7H2,1H3,(H,11,12). The molecule has 1 heterocycles. The fraction of sp³-hybridized carbons (Fsp3) is 0.889. The third-order valence-corrected chi connectivity index (χ3v) is 2.65. The molecular formula is C9H17NO3. The zero-order valence-corrected chi connectivity index (χ0v) is 8.01. The molecule has 1 unspecified atom stereocenters. The summed E-state index contributed by atoms with van der Waals surface area (Å²) in [5.41, 5.74) is -0.435. The highest BCUT2D eigenvalue weighted by atomic mass is 16.5. The molecule has 1 aliphatic rings. The number of hydrogen-bond donors (Lipinski definition) is 2. The Kier molecular flexibility index (Phi) is 3.69. The molecule has 0 radical (unpaired) electrons. The van der Waals surface area contributed by atoms with Crippen LogP contribution in [0.3, 0.4) is 0 Å². The first-order valence-electron chi connectivity index (χ1n) is 4.66. The number of nitrogens with one attached hydrogen (secondary N) is 1. The summed E-state index contributed by atoms with van der Waals surface area (Å²) in [5, 5.41) is 12.0. The van der Waals surface area contributed by atoms with Crippen molar-refractivity contribution in [1.29, 1.82) is 0 Å². The van der Waals surface area contributed by atoms with E-state index in [0.717, 1.165) is 32.4 Å². The minimum atomic E-state index is -0.774. The van der Waals surface area contributed by atoms with Crippen LogP contribution in [-0.2, 0) is 9.53 Å². The lowest BCUT2D eigenvalue weighted by atomic mass is 9.91. The molecule has 1 atom stereocenters. The number of rotatable bonds is 3. The van der Waals surface area contributed by atoms with Crippen molar-refractivity contribution < 1.29 is 14.6 Å². The lowest BCUT2D eigenvalue weighted by molar-refractivity contribution is -0.144. The van der Waals surface area contributed by atoms with Crippen LogP contribution in [0.2, 0.25) is 0 Å². The Morgan fingerprint density at radius 3 is 2.92 bits per heavy atom. The summed E-state index contributed by atoms with van der Waals surface area (Å²) < 4.78 is 5.35. The van der Waals surface area contributed by atoms with Crippen LogP contribution in [0.4, 0.5) is 0 Å². The van der Waals surface area contributed by atoms with E-state index in [0.29, 0.717) is 0 Å². The van der Waals surface area contributed by atoms with Gasteiger partial charge >= 0.3 is 5.97 Å². The van der Waals surface area contributed by atoms with Gasteiger partial charge in [0.2, 0.25) is 0 Å². The molecule has 0 aromatic rings. The highest BCUT2D eigenvalue weighted by molar-refractivity contribution is 5.68. The maximum absolute atomic E-state index is 10.6. The van der Waals surface area contributed by atoms with Crippen LogP contribution in [0, 0.1) is 0 Å². The lowest BCUT2D eigenvalue weighted by Crippen LogP contribution is -2.35. The van der Waals surface area contributed by atoms with Crippen molar-refractivity contribution in [3.05, 3.63) is 0 Å². The van der Waals surface area contributed by atoms with Gasteiger partial charge in [0.15, 0.2) is 0 Å². The zero-order chi connectivity index (χ0) is 9.73. The van der Waals surface area contributed by atoms with E-state index in [-0.39, 0.29) is 6.42 Å². The van der Waals surface area contributed by atoms with E-state index < -0.39 is 11.6 Å². The van der Waals surface area contributed by atoms with Gasteiger partial charge in [-0.2, -0.15) is 0 Å². The SMILES string of the molecule is COC1(CC(=O)O)CCCNCC1. The molecule has 1 fully saturated rings. The summed E-state index contributed by atoms with van der Waals surface area (Å²) in [6.07, 6.45) is 2.73. The predicted octanol–water partition coefficient (Wildman–Crippen LogP) is 0.620. The average molecular weight is 187 g/mol. The zero-order valence-electron chi connectivity index (χ0n) is 8.01. The normalized spacial score (nSPS) is 29.6. The molecule has 1 rings (SSSR count). The summed E-state index contributed by atoms with van der Waals surface area (Å²) in [6, 6.07) is 0. The highest BCUT2D eigenvalue weighted by Gasteiger charge is 2.32. The van der Waals surface area contributed by atoms with Gasteiger partial charge in [-0.3, -0.25) is 4.79 Å². The molecule has 0 aromatic carbocycles. The Labute approximate surface area is 78.3 Å². The Bertz CT molecular complexity index is 174. The molecule has 0 saturated carbocycles. The van der Waals surface area contributed by atoms with E-state index in [9.17, 15) is 4.79 Å². The number of aliphatic carboxylic acids is 1. The van der Waals surface area contributed by atoms with Gasteiger partial charge in [-0.1, -0.05) is 0 Å². The molecular weight excluding hydrogens is 170 g/mol. The van der Waals surface area contributed by atoms with Crippen LogP contribution in [0.1, 0.15) is 25.7 Å². The van der Waals surface area contributed by atoms with Crippen molar-refractivity contribution in [3.8, 4) is 0 Å². The molecule has 0 spiro atoms. The van der Waals surface area contributed by atoms with Crippen molar-refractivity contribution in [2.75, 3.05) is 20.2 Å². The summed E-state index contributed by atoms with van der Waals surface area (Å²) in [4.78, 5) is 10.6. The van der Waals surface area contributed by atoms with E-state index in [1.165, 1.54) is 0 Å². The molecule has 0 amide bonds. The molecule has 76 valence electrons. The number of ether oxygens (including phenoxy) is 1. The number of methoxy groups -OCH3 is 1. The third-order valence-electron chi connectivity index (χ3n) is 2.65. The van der Waals surface area contributed by atoms with E-state index in [4.69, 9.17) is 9.84 Å². The first-order valence-corrected chi connectivity index (χ1v) is 4.66. The van der Waals surface area contributed by atoms with Crippen molar-refractivity contribution >= 4 is 5.97 Å². The van der Waals surface area contributed by atoms with Gasteiger partial charge in [0.25, 0.3) is 0 Å². The van der Waals surface area contributed by atoms with E-state index >= 15 is 0 Å². The smallest absolute Gasteiger partial charge is 0.306 e. The second kappa shape index (κ2) is 4.58. The van der Waals surface area contributed by atoms with Gasteiger partial charge in [-0.05, 0) is 32.4 Å². The van der Waals surface area contributed by atoms with Crippen molar-refractivity contribution in [2.24, 2.45) is 0 Å². The molecule has 1 saturated heterocycles. The van der Waals surface area contributed by atoms with Crippen molar-refractivity contribution in [2.45, 2.75) is 31.3 Å². The van der Waals surface area contributed by atoms with Gasteiger partial charge in [0.05, 0.1) is 12.0 Å². The van der Waals surface area contributed by atoms with Crippen LogP contribution in [-0.4, -0.2) is 36.9 Å². The molecule has 1 aliphatic heterocycles. The number of carboxylic acids is 1. The van der Waals surface area contributed by atoms with Gasteiger partial charge in [-0.25, -0.2) is 0 Å². The van der Waals surface area contributed by atoms with Crippen molar-refractivity contribution in [1.82, 2.24) is 5.32 Å². The number of hydrogen-bond acceptors (Lipinski definition) is 3. The summed E-state index contributed by atoms with van der Waals surface area (Å²) >= 11 is 0.